The van der Waals surface area contributed by atoms with E-state index in [1.54, 1.807) is 27.5 Å². The number of ether oxygens (including phenoxy) is 5. The third-order valence-corrected chi connectivity index (χ3v) is 6.14. The first-order valence-corrected chi connectivity index (χ1v) is 11.5. The van der Waals surface area contributed by atoms with Gasteiger partial charge in [-0.2, -0.15) is 0 Å². The highest BCUT2D eigenvalue weighted by atomic mass is 16.7. The van der Waals surface area contributed by atoms with Crippen molar-refractivity contribution in [3.63, 3.8) is 0 Å². The summed E-state index contributed by atoms with van der Waals surface area (Å²) in [4.78, 5) is 21.6. The van der Waals surface area contributed by atoms with Crippen molar-refractivity contribution in [2.75, 3.05) is 21.3 Å². The van der Waals surface area contributed by atoms with Crippen LogP contribution in [0.2, 0.25) is 0 Å². The van der Waals surface area contributed by atoms with Crippen LogP contribution in [0, 0.1) is 0 Å². The van der Waals surface area contributed by atoms with Crippen LogP contribution in [-0.4, -0.2) is 68.0 Å². The van der Waals surface area contributed by atoms with Crippen molar-refractivity contribution in [3.8, 4) is 17.1 Å². The van der Waals surface area contributed by atoms with Gasteiger partial charge < -0.3 is 29.0 Å². The zero-order valence-electron chi connectivity index (χ0n) is 20.3. The summed E-state index contributed by atoms with van der Waals surface area (Å²) in [6.45, 7) is 1.87. The predicted molar refractivity (Wildman–Crippen MR) is 130 cm³/mol. The van der Waals surface area contributed by atoms with E-state index in [0.717, 1.165) is 22.6 Å². The maximum absolute atomic E-state index is 12.5. The number of hydrogen-bond donors (Lipinski definition) is 1. The van der Waals surface area contributed by atoms with E-state index in [2.05, 4.69) is 10.3 Å². The Balaban J connectivity index is 1.32. The molecule has 1 aromatic heterocycles. The van der Waals surface area contributed by atoms with E-state index in [9.17, 15) is 4.79 Å². The number of methoxy groups -OCH3 is 3. The molecule has 1 unspecified atom stereocenters. The van der Waals surface area contributed by atoms with Crippen LogP contribution in [-0.2, 0) is 18.9 Å². The lowest BCUT2D eigenvalue weighted by molar-refractivity contribution is -0.236. The van der Waals surface area contributed by atoms with Gasteiger partial charge in [-0.25, -0.2) is 14.8 Å². The summed E-state index contributed by atoms with van der Waals surface area (Å²) in [5.74, 6) is 1.41. The average Bonchev–Trinajstić information content (AvgIpc) is 2.89. The van der Waals surface area contributed by atoms with Gasteiger partial charge in [-0.3, -0.25) is 0 Å². The standard InChI is InChI=1S/C26H31N3O6/c1-16-24(33-4)22(32-3)15-23(34-16)35-26(30)28-19-9-5-17(6-10-19)21-13-14-27-25(29-21)18-7-11-20(31-2)12-8-18/h5-9,11-14,16,19,22-24H,10,15H2,1-4H3,(H,28,30)/t16-,19?,22-,23-,24-/m0/s1. The maximum Gasteiger partial charge on any atom is 0.409 e. The fraction of sp³-hybridized carbons (Fsp3) is 0.423. The van der Waals surface area contributed by atoms with Gasteiger partial charge in [0.15, 0.2) is 5.82 Å². The zero-order valence-corrected chi connectivity index (χ0v) is 20.3. The molecule has 0 radical (unpaired) electrons. The second-order valence-corrected chi connectivity index (χ2v) is 8.39. The number of benzene rings is 1. The van der Waals surface area contributed by atoms with Crippen LogP contribution in [0.4, 0.5) is 4.79 Å². The number of nitrogens with one attached hydrogen (secondary N) is 1. The third-order valence-electron chi connectivity index (χ3n) is 6.14. The van der Waals surface area contributed by atoms with Crippen LogP contribution >= 0.6 is 0 Å². The van der Waals surface area contributed by atoms with Gasteiger partial charge in [0.1, 0.15) is 11.9 Å². The topological polar surface area (TPSA) is 101 Å². The van der Waals surface area contributed by atoms with E-state index < -0.39 is 12.4 Å². The number of amides is 1. The van der Waals surface area contributed by atoms with Crippen LogP contribution in [0.5, 0.6) is 5.75 Å². The van der Waals surface area contributed by atoms with E-state index in [-0.39, 0.29) is 24.4 Å². The maximum atomic E-state index is 12.5. The van der Waals surface area contributed by atoms with Crippen LogP contribution in [0.3, 0.4) is 0 Å². The largest absolute Gasteiger partial charge is 0.497 e. The Bertz CT molecular complexity index is 1070. The molecule has 1 saturated heterocycles. The lowest BCUT2D eigenvalue weighted by Crippen LogP contribution is -2.50. The van der Waals surface area contributed by atoms with Gasteiger partial charge in [0.05, 0.1) is 31.1 Å². The van der Waals surface area contributed by atoms with Crippen molar-refractivity contribution >= 4 is 11.7 Å². The fourth-order valence-electron chi connectivity index (χ4n) is 4.27. The first-order chi connectivity index (χ1) is 17.0. The molecular formula is C26H31N3O6. The highest BCUT2D eigenvalue weighted by Crippen LogP contribution is 2.26. The molecule has 1 aromatic carbocycles. The van der Waals surface area contributed by atoms with Gasteiger partial charge in [-0.1, -0.05) is 18.2 Å². The molecule has 1 fully saturated rings. The number of hydrogen-bond acceptors (Lipinski definition) is 8. The number of aromatic nitrogens is 2. The van der Waals surface area contributed by atoms with Crippen LogP contribution < -0.4 is 10.1 Å². The number of allylic oxidation sites excluding steroid dienone is 2. The lowest BCUT2D eigenvalue weighted by Gasteiger charge is -2.38. The molecule has 0 spiro atoms. The normalized spacial score (nSPS) is 26.1. The molecule has 2 heterocycles. The number of nitrogens with zero attached hydrogens (tertiary/aromatic N) is 2. The molecule has 186 valence electrons. The first kappa shape index (κ1) is 24.8. The number of rotatable bonds is 7. The molecule has 4 rings (SSSR count). The quantitative estimate of drug-likeness (QED) is 0.638. The van der Waals surface area contributed by atoms with Crippen molar-refractivity contribution in [1.82, 2.24) is 15.3 Å². The van der Waals surface area contributed by atoms with Gasteiger partial charge in [-0.05, 0) is 49.2 Å². The summed E-state index contributed by atoms with van der Waals surface area (Å²) in [6.07, 6.45) is 6.75. The fourth-order valence-corrected chi connectivity index (χ4v) is 4.27. The minimum Gasteiger partial charge on any atom is -0.497 e. The number of alkyl carbamates (subject to hydrolysis) is 1. The summed E-state index contributed by atoms with van der Waals surface area (Å²) >= 11 is 0. The molecule has 0 bridgehead atoms. The van der Waals surface area contributed by atoms with Crippen molar-refractivity contribution in [3.05, 3.63) is 60.5 Å². The van der Waals surface area contributed by atoms with E-state index in [1.807, 2.05) is 55.5 Å². The summed E-state index contributed by atoms with van der Waals surface area (Å²) in [6, 6.07) is 9.29. The Hall–Kier alpha value is -3.27. The van der Waals surface area contributed by atoms with Crippen LogP contribution in [0.25, 0.3) is 17.0 Å². The van der Waals surface area contributed by atoms with E-state index in [4.69, 9.17) is 28.7 Å². The van der Waals surface area contributed by atoms with Gasteiger partial charge in [0, 0.05) is 32.4 Å². The molecule has 1 aliphatic heterocycles. The molecule has 1 N–H and O–H groups in total. The van der Waals surface area contributed by atoms with Gasteiger partial charge in [0.2, 0.25) is 6.29 Å². The van der Waals surface area contributed by atoms with Crippen molar-refractivity contribution < 1.29 is 28.5 Å². The van der Waals surface area contributed by atoms with Gasteiger partial charge in [0.25, 0.3) is 0 Å². The summed E-state index contributed by atoms with van der Waals surface area (Å²) < 4.78 is 27.4. The number of carbonyl (C=O) groups excluding carboxylic acids is 1. The minimum absolute atomic E-state index is 0.194. The Morgan fingerprint density at radius 3 is 2.57 bits per heavy atom. The molecule has 0 saturated carbocycles. The Morgan fingerprint density at radius 2 is 1.91 bits per heavy atom. The Labute approximate surface area is 205 Å². The molecule has 2 aromatic rings. The zero-order chi connectivity index (χ0) is 24.8. The smallest absolute Gasteiger partial charge is 0.409 e. The lowest BCUT2D eigenvalue weighted by atomic mass is 10.0. The summed E-state index contributed by atoms with van der Waals surface area (Å²) in [5, 5.41) is 2.87. The predicted octanol–water partition coefficient (Wildman–Crippen LogP) is 3.76. The second-order valence-electron chi connectivity index (χ2n) is 8.39. The highest BCUT2D eigenvalue weighted by molar-refractivity contribution is 5.75. The average molecular weight is 482 g/mol. The Morgan fingerprint density at radius 1 is 1.11 bits per heavy atom. The first-order valence-electron chi connectivity index (χ1n) is 11.5. The van der Waals surface area contributed by atoms with Gasteiger partial charge in [-0.15, -0.1) is 0 Å². The summed E-state index contributed by atoms with van der Waals surface area (Å²) in [7, 11) is 4.86. The van der Waals surface area contributed by atoms with Crippen molar-refractivity contribution in [1.29, 1.82) is 0 Å². The second kappa shape index (κ2) is 11.4. The molecule has 35 heavy (non-hydrogen) atoms. The molecule has 1 aliphatic carbocycles. The Kier molecular flexibility index (Phi) is 8.12. The molecule has 9 nitrogen and oxygen atoms in total. The van der Waals surface area contributed by atoms with Crippen LogP contribution in [0.1, 0.15) is 25.5 Å². The molecular weight excluding hydrogens is 450 g/mol. The van der Waals surface area contributed by atoms with E-state index in [0.29, 0.717) is 18.7 Å². The summed E-state index contributed by atoms with van der Waals surface area (Å²) in [5.41, 5.74) is 2.68. The highest BCUT2D eigenvalue weighted by Gasteiger charge is 2.38. The van der Waals surface area contributed by atoms with E-state index >= 15 is 0 Å². The molecule has 1 amide bonds. The van der Waals surface area contributed by atoms with Crippen LogP contribution in [0.15, 0.2) is 54.8 Å². The third kappa shape index (κ3) is 6.05. The SMILES string of the molecule is COc1ccc(-c2nccc(C3=CCC(NC(=O)O[C@H]4C[C@H](OC)[C@@H](OC)[C@H](C)O4)C=C3)n2)cc1. The molecule has 5 atom stereocenters. The monoisotopic (exact) mass is 481 g/mol. The van der Waals surface area contributed by atoms with Gasteiger partial charge >= 0.3 is 6.09 Å². The molecule has 9 heteroatoms. The van der Waals surface area contributed by atoms with Crippen molar-refractivity contribution in [2.45, 2.75) is 50.4 Å². The number of carbonyl (C=O) groups is 1. The minimum atomic E-state index is -0.697. The van der Waals surface area contributed by atoms with E-state index in [1.165, 1.54) is 0 Å². The van der Waals surface area contributed by atoms with Crippen molar-refractivity contribution in [2.24, 2.45) is 0 Å². The molecule has 2 aliphatic rings.